The third kappa shape index (κ3) is 2.13. The van der Waals surface area contributed by atoms with E-state index in [9.17, 15) is 0 Å². The van der Waals surface area contributed by atoms with Crippen LogP contribution in [0.2, 0.25) is 0 Å². The van der Waals surface area contributed by atoms with Crippen LogP contribution in [-0.2, 0) is 0 Å². The van der Waals surface area contributed by atoms with Crippen molar-refractivity contribution in [2.45, 2.75) is 13.0 Å². The predicted molar refractivity (Wildman–Crippen MR) is 72.8 cm³/mol. The summed E-state index contributed by atoms with van der Waals surface area (Å²) in [6.07, 6.45) is 0. The van der Waals surface area contributed by atoms with E-state index in [0.29, 0.717) is 6.04 Å². The first-order valence-electron chi connectivity index (χ1n) is 6.86. The largest absolute Gasteiger partial charge is 0.497 e. The van der Waals surface area contributed by atoms with E-state index in [4.69, 9.17) is 4.74 Å². The van der Waals surface area contributed by atoms with Gasteiger partial charge < -0.3 is 10.1 Å². The molecule has 0 spiro atoms. The Morgan fingerprint density at radius 2 is 2.00 bits per heavy atom. The number of likely N-dealkylation sites (tertiary alicyclic amines) is 1. The Labute approximate surface area is 109 Å². The minimum Gasteiger partial charge on any atom is -0.497 e. The Morgan fingerprint density at radius 3 is 2.67 bits per heavy atom. The molecule has 18 heavy (non-hydrogen) atoms. The van der Waals surface area contributed by atoms with Crippen LogP contribution >= 0.6 is 0 Å². The summed E-state index contributed by atoms with van der Waals surface area (Å²) in [4.78, 5) is 2.62. The van der Waals surface area contributed by atoms with E-state index < -0.39 is 0 Å². The molecule has 3 heteroatoms. The van der Waals surface area contributed by atoms with Gasteiger partial charge in [-0.1, -0.05) is 12.1 Å². The Kier molecular flexibility index (Phi) is 3.27. The van der Waals surface area contributed by atoms with Gasteiger partial charge in [0.25, 0.3) is 0 Å². The summed E-state index contributed by atoms with van der Waals surface area (Å²) >= 11 is 0. The molecule has 0 saturated carbocycles. The summed E-state index contributed by atoms with van der Waals surface area (Å²) in [6.45, 7) is 7.17. The molecule has 0 aliphatic carbocycles. The van der Waals surface area contributed by atoms with Gasteiger partial charge in [0.15, 0.2) is 0 Å². The third-order valence-electron chi connectivity index (χ3n) is 4.54. The Morgan fingerprint density at radius 1 is 1.28 bits per heavy atom. The normalized spacial score (nSPS) is 29.2. The average Bonchev–Trinajstić information content (AvgIpc) is 2.98. The highest BCUT2D eigenvalue weighted by Gasteiger charge is 2.37. The highest BCUT2D eigenvalue weighted by atomic mass is 16.5. The first-order chi connectivity index (χ1) is 8.78. The number of hydrogen-bond acceptors (Lipinski definition) is 3. The van der Waals surface area contributed by atoms with Crippen LogP contribution in [0.4, 0.5) is 0 Å². The van der Waals surface area contributed by atoms with Crippen molar-refractivity contribution in [3.63, 3.8) is 0 Å². The van der Waals surface area contributed by atoms with Gasteiger partial charge in [-0.25, -0.2) is 0 Å². The maximum atomic E-state index is 5.31. The molecule has 1 aromatic rings. The van der Waals surface area contributed by atoms with Crippen LogP contribution in [0.5, 0.6) is 5.75 Å². The van der Waals surface area contributed by atoms with Crippen molar-refractivity contribution in [1.82, 2.24) is 10.2 Å². The second-order valence-corrected chi connectivity index (χ2v) is 5.58. The molecular formula is C15H22N2O. The SMILES string of the molecule is COc1cccc(C(C)N2CC3CNCC3C2)c1. The van der Waals surface area contributed by atoms with E-state index in [0.717, 1.165) is 17.6 Å². The van der Waals surface area contributed by atoms with Gasteiger partial charge in [0.2, 0.25) is 0 Å². The van der Waals surface area contributed by atoms with E-state index in [2.05, 4.69) is 35.3 Å². The van der Waals surface area contributed by atoms with Crippen molar-refractivity contribution in [2.75, 3.05) is 33.3 Å². The molecule has 0 bridgehead atoms. The number of rotatable bonds is 3. The zero-order valence-electron chi connectivity index (χ0n) is 11.2. The van der Waals surface area contributed by atoms with Crippen molar-refractivity contribution in [1.29, 1.82) is 0 Å². The number of nitrogens with zero attached hydrogens (tertiary/aromatic N) is 1. The van der Waals surface area contributed by atoms with E-state index in [1.54, 1.807) is 7.11 Å². The molecule has 0 radical (unpaired) electrons. The first kappa shape index (κ1) is 12.0. The third-order valence-corrected chi connectivity index (χ3v) is 4.54. The standard InChI is InChI=1S/C15H22N2O/c1-11(12-4-3-5-15(6-12)18-2)17-9-13-7-16-8-14(13)10-17/h3-6,11,13-14,16H,7-10H2,1-2H3. The van der Waals surface area contributed by atoms with Crippen LogP contribution in [0, 0.1) is 11.8 Å². The lowest BCUT2D eigenvalue weighted by Gasteiger charge is -2.25. The summed E-state index contributed by atoms with van der Waals surface area (Å²) in [5.74, 6) is 2.68. The van der Waals surface area contributed by atoms with Crippen molar-refractivity contribution >= 4 is 0 Å². The summed E-state index contributed by atoms with van der Waals surface area (Å²) < 4.78 is 5.31. The smallest absolute Gasteiger partial charge is 0.119 e. The summed E-state index contributed by atoms with van der Waals surface area (Å²) in [5.41, 5.74) is 1.36. The fourth-order valence-corrected chi connectivity index (χ4v) is 3.32. The summed E-state index contributed by atoms with van der Waals surface area (Å²) in [6, 6.07) is 8.96. The van der Waals surface area contributed by atoms with Gasteiger partial charge in [0.1, 0.15) is 5.75 Å². The van der Waals surface area contributed by atoms with Gasteiger partial charge in [-0.05, 0) is 49.5 Å². The van der Waals surface area contributed by atoms with E-state index in [1.165, 1.54) is 31.7 Å². The van der Waals surface area contributed by atoms with Crippen molar-refractivity contribution in [3.05, 3.63) is 29.8 Å². The van der Waals surface area contributed by atoms with Crippen LogP contribution < -0.4 is 10.1 Å². The molecular weight excluding hydrogens is 224 g/mol. The molecule has 2 aliphatic rings. The van der Waals surface area contributed by atoms with Gasteiger partial charge in [-0.2, -0.15) is 0 Å². The Balaban J connectivity index is 1.72. The highest BCUT2D eigenvalue weighted by Crippen LogP contribution is 2.33. The average molecular weight is 246 g/mol. The van der Waals surface area contributed by atoms with Gasteiger partial charge >= 0.3 is 0 Å². The zero-order chi connectivity index (χ0) is 12.5. The molecule has 2 heterocycles. The topological polar surface area (TPSA) is 24.5 Å². The van der Waals surface area contributed by atoms with Crippen LogP contribution in [0.3, 0.4) is 0 Å². The van der Waals surface area contributed by atoms with Gasteiger partial charge in [-0.15, -0.1) is 0 Å². The molecule has 3 atom stereocenters. The van der Waals surface area contributed by atoms with E-state index in [-0.39, 0.29) is 0 Å². The molecule has 3 nitrogen and oxygen atoms in total. The first-order valence-corrected chi connectivity index (χ1v) is 6.86. The lowest BCUT2D eigenvalue weighted by atomic mass is 10.0. The second kappa shape index (κ2) is 4.90. The fraction of sp³-hybridized carbons (Fsp3) is 0.600. The van der Waals surface area contributed by atoms with Crippen molar-refractivity contribution < 1.29 is 4.74 Å². The maximum absolute atomic E-state index is 5.31. The quantitative estimate of drug-likeness (QED) is 0.881. The summed E-state index contributed by atoms with van der Waals surface area (Å²) in [5, 5.41) is 3.50. The maximum Gasteiger partial charge on any atom is 0.119 e. The number of ether oxygens (including phenoxy) is 1. The molecule has 3 rings (SSSR count). The highest BCUT2D eigenvalue weighted by molar-refractivity contribution is 5.30. The second-order valence-electron chi connectivity index (χ2n) is 5.58. The Bertz CT molecular complexity index is 409. The molecule has 98 valence electrons. The van der Waals surface area contributed by atoms with Gasteiger partial charge in [0.05, 0.1) is 7.11 Å². The number of fused-ring (bicyclic) bond motifs is 1. The fourth-order valence-electron chi connectivity index (χ4n) is 3.32. The minimum atomic E-state index is 0.491. The molecule has 2 fully saturated rings. The van der Waals surface area contributed by atoms with Crippen molar-refractivity contribution in [2.24, 2.45) is 11.8 Å². The lowest BCUT2D eigenvalue weighted by Crippen LogP contribution is -2.28. The number of benzene rings is 1. The van der Waals surface area contributed by atoms with E-state index >= 15 is 0 Å². The van der Waals surface area contributed by atoms with Crippen LogP contribution in [-0.4, -0.2) is 38.2 Å². The molecule has 0 amide bonds. The molecule has 1 aromatic carbocycles. The monoisotopic (exact) mass is 246 g/mol. The molecule has 2 saturated heterocycles. The minimum absolute atomic E-state index is 0.491. The van der Waals surface area contributed by atoms with Crippen molar-refractivity contribution in [3.8, 4) is 5.75 Å². The number of nitrogens with one attached hydrogen (secondary N) is 1. The summed E-state index contributed by atoms with van der Waals surface area (Å²) in [7, 11) is 1.73. The van der Waals surface area contributed by atoms with Crippen LogP contribution in [0.15, 0.2) is 24.3 Å². The number of hydrogen-bond donors (Lipinski definition) is 1. The predicted octanol–water partition coefficient (Wildman–Crippen LogP) is 1.91. The molecule has 0 aromatic heterocycles. The van der Waals surface area contributed by atoms with Gasteiger partial charge in [-0.3, -0.25) is 4.90 Å². The Hall–Kier alpha value is -1.06. The molecule has 2 aliphatic heterocycles. The molecule has 3 unspecified atom stereocenters. The van der Waals surface area contributed by atoms with Gasteiger partial charge in [0, 0.05) is 19.1 Å². The lowest BCUT2D eigenvalue weighted by molar-refractivity contribution is 0.243. The zero-order valence-corrected chi connectivity index (χ0v) is 11.2. The number of methoxy groups -OCH3 is 1. The molecule has 1 N–H and O–H groups in total. The van der Waals surface area contributed by atoms with Crippen LogP contribution in [0.1, 0.15) is 18.5 Å². The van der Waals surface area contributed by atoms with Crippen LogP contribution in [0.25, 0.3) is 0 Å². The van der Waals surface area contributed by atoms with E-state index in [1.807, 2.05) is 6.07 Å².